The highest BCUT2D eigenvalue weighted by atomic mass is 79.9. The molecule has 2 rings (SSSR count). The minimum atomic E-state index is 0.144. The van der Waals surface area contributed by atoms with E-state index in [-0.39, 0.29) is 5.41 Å². The number of thiophene rings is 1. The molecule has 0 saturated heterocycles. The molecule has 0 aromatic carbocycles. The summed E-state index contributed by atoms with van der Waals surface area (Å²) in [6.07, 6.45) is 0. The van der Waals surface area contributed by atoms with Crippen LogP contribution in [-0.4, -0.2) is 4.98 Å². The van der Waals surface area contributed by atoms with Gasteiger partial charge in [0.05, 0.1) is 5.69 Å². The molecular weight excluding hydrogens is 328 g/mol. The summed E-state index contributed by atoms with van der Waals surface area (Å²) in [5, 5.41) is 8.86. The van der Waals surface area contributed by atoms with Crippen LogP contribution in [0.4, 0.5) is 0 Å². The first-order valence-corrected chi connectivity index (χ1v) is 8.39. The number of aromatic nitrogens is 1. The Balaban J connectivity index is 1.88. The van der Waals surface area contributed by atoms with Crippen molar-refractivity contribution in [2.75, 3.05) is 0 Å². The molecule has 0 aliphatic rings. The monoisotopic (exact) mass is 344 g/mol. The number of hydrogen-bond donors (Lipinski definition) is 1. The van der Waals surface area contributed by atoms with Gasteiger partial charge in [0, 0.05) is 33.2 Å². The first kappa shape index (κ1) is 14.2. The predicted octanol–water partition coefficient (Wildman–Crippen LogP) is 4.55. The van der Waals surface area contributed by atoms with Crippen LogP contribution in [0.5, 0.6) is 0 Å². The predicted molar refractivity (Wildman–Crippen MR) is 83.4 cm³/mol. The molecule has 0 atom stereocenters. The van der Waals surface area contributed by atoms with Crippen molar-refractivity contribution in [2.24, 2.45) is 0 Å². The summed E-state index contributed by atoms with van der Waals surface area (Å²) in [5.74, 6) is 0. The second-order valence-corrected chi connectivity index (χ2v) is 7.97. The van der Waals surface area contributed by atoms with Gasteiger partial charge < -0.3 is 5.32 Å². The van der Waals surface area contributed by atoms with Gasteiger partial charge in [-0.15, -0.1) is 22.7 Å². The summed E-state index contributed by atoms with van der Waals surface area (Å²) in [6.45, 7) is 8.32. The van der Waals surface area contributed by atoms with Crippen molar-refractivity contribution >= 4 is 38.6 Å². The summed E-state index contributed by atoms with van der Waals surface area (Å²) in [7, 11) is 0. The highest BCUT2D eigenvalue weighted by molar-refractivity contribution is 9.10. The molecule has 0 aliphatic carbocycles. The van der Waals surface area contributed by atoms with Crippen molar-refractivity contribution in [3.05, 3.63) is 36.9 Å². The van der Waals surface area contributed by atoms with E-state index < -0.39 is 0 Å². The van der Waals surface area contributed by atoms with E-state index in [1.807, 2.05) is 0 Å². The van der Waals surface area contributed by atoms with Crippen LogP contribution in [0.1, 0.15) is 36.3 Å². The molecule has 2 nitrogen and oxygen atoms in total. The maximum absolute atomic E-state index is 4.67. The highest BCUT2D eigenvalue weighted by Crippen LogP contribution is 2.24. The van der Waals surface area contributed by atoms with Crippen LogP contribution in [0.2, 0.25) is 0 Å². The number of nitrogens with one attached hydrogen (secondary N) is 1. The van der Waals surface area contributed by atoms with Crippen LogP contribution in [0.3, 0.4) is 0 Å². The van der Waals surface area contributed by atoms with Gasteiger partial charge in [-0.25, -0.2) is 4.98 Å². The molecule has 1 N–H and O–H groups in total. The van der Waals surface area contributed by atoms with Crippen LogP contribution in [-0.2, 0) is 18.5 Å². The summed E-state index contributed by atoms with van der Waals surface area (Å²) in [4.78, 5) is 6.01. The number of hydrogen-bond acceptors (Lipinski definition) is 4. The van der Waals surface area contributed by atoms with Crippen LogP contribution in [0.25, 0.3) is 0 Å². The third-order valence-corrected chi connectivity index (χ3v) is 5.35. The molecule has 98 valence electrons. The van der Waals surface area contributed by atoms with Gasteiger partial charge in [-0.3, -0.25) is 0 Å². The maximum Gasteiger partial charge on any atom is 0.107 e. The van der Waals surface area contributed by atoms with Crippen LogP contribution >= 0.6 is 38.6 Å². The van der Waals surface area contributed by atoms with Gasteiger partial charge in [0.2, 0.25) is 0 Å². The molecule has 0 saturated carbocycles. The van der Waals surface area contributed by atoms with Crippen molar-refractivity contribution in [1.29, 1.82) is 0 Å². The largest absolute Gasteiger partial charge is 0.305 e. The SMILES string of the molecule is CC(C)(C)c1csc(CNCc2sccc2Br)n1. The average molecular weight is 345 g/mol. The van der Waals surface area contributed by atoms with E-state index in [2.05, 4.69) is 63.8 Å². The third-order valence-electron chi connectivity index (χ3n) is 2.57. The standard InChI is InChI=1S/C13H17BrN2S2/c1-13(2,3)11-8-18-12(16-11)7-15-6-10-9(14)4-5-17-10/h4-5,8,15H,6-7H2,1-3H3. The Kier molecular flexibility index (Phi) is 4.59. The van der Waals surface area contributed by atoms with E-state index in [1.54, 1.807) is 22.7 Å². The lowest BCUT2D eigenvalue weighted by Crippen LogP contribution is -2.14. The van der Waals surface area contributed by atoms with Gasteiger partial charge in [-0.05, 0) is 27.4 Å². The quantitative estimate of drug-likeness (QED) is 0.879. The fourth-order valence-corrected chi connectivity index (χ4v) is 3.92. The lowest BCUT2D eigenvalue weighted by molar-refractivity contribution is 0.568. The molecule has 0 amide bonds. The first-order chi connectivity index (χ1) is 8.47. The van der Waals surface area contributed by atoms with E-state index in [1.165, 1.54) is 15.0 Å². The minimum absolute atomic E-state index is 0.144. The van der Waals surface area contributed by atoms with E-state index in [9.17, 15) is 0 Å². The zero-order chi connectivity index (χ0) is 13.2. The molecule has 2 aromatic rings. The van der Waals surface area contributed by atoms with Gasteiger partial charge in [0.15, 0.2) is 0 Å². The van der Waals surface area contributed by atoms with Crippen molar-refractivity contribution in [3.63, 3.8) is 0 Å². The highest BCUT2D eigenvalue weighted by Gasteiger charge is 2.17. The van der Waals surface area contributed by atoms with Crippen LogP contribution in [0.15, 0.2) is 21.3 Å². The lowest BCUT2D eigenvalue weighted by Gasteiger charge is -2.14. The zero-order valence-corrected chi connectivity index (χ0v) is 14.0. The molecule has 0 spiro atoms. The Hall–Kier alpha value is -0.230. The fraction of sp³-hybridized carbons (Fsp3) is 0.462. The van der Waals surface area contributed by atoms with Gasteiger partial charge >= 0.3 is 0 Å². The number of halogens is 1. The number of rotatable bonds is 4. The molecule has 0 fully saturated rings. The van der Waals surface area contributed by atoms with Crippen LogP contribution in [0, 0.1) is 0 Å². The van der Waals surface area contributed by atoms with E-state index in [0.29, 0.717) is 0 Å². The third kappa shape index (κ3) is 3.63. The average Bonchev–Trinajstić information content (AvgIpc) is 2.88. The number of thiazole rings is 1. The second kappa shape index (κ2) is 5.82. The zero-order valence-electron chi connectivity index (χ0n) is 10.8. The Morgan fingerprint density at radius 2 is 2.06 bits per heavy atom. The Bertz CT molecular complexity index is 511. The van der Waals surface area contributed by atoms with Gasteiger partial charge in [0.25, 0.3) is 0 Å². The molecule has 2 heterocycles. The normalized spacial score (nSPS) is 12.0. The lowest BCUT2D eigenvalue weighted by atomic mass is 9.93. The molecule has 5 heteroatoms. The molecule has 18 heavy (non-hydrogen) atoms. The number of nitrogens with zero attached hydrogens (tertiary/aromatic N) is 1. The Labute approximate surface area is 125 Å². The van der Waals surface area contributed by atoms with Crippen LogP contribution < -0.4 is 5.32 Å². The van der Waals surface area contributed by atoms with Crippen molar-refractivity contribution in [3.8, 4) is 0 Å². The maximum atomic E-state index is 4.67. The van der Waals surface area contributed by atoms with Gasteiger partial charge in [-0.1, -0.05) is 20.8 Å². The molecule has 0 aliphatic heterocycles. The molecule has 0 radical (unpaired) electrons. The minimum Gasteiger partial charge on any atom is -0.305 e. The molecule has 0 unspecified atom stereocenters. The summed E-state index contributed by atoms with van der Waals surface area (Å²) < 4.78 is 1.19. The summed E-state index contributed by atoms with van der Waals surface area (Å²) in [5.41, 5.74) is 1.33. The topological polar surface area (TPSA) is 24.9 Å². The molecular formula is C13H17BrN2S2. The molecule has 2 aromatic heterocycles. The summed E-state index contributed by atoms with van der Waals surface area (Å²) in [6, 6.07) is 2.09. The smallest absolute Gasteiger partial charge is 0.107 e. The van der Waals surface area contributed by atoms with Crippen molar-refractivity contribution in [1.82, 2.24) is 10.3 Å². The van der Waals surface area contributed by atoms with Gasteiger partial charge in [-0.2, -0.15) is 0 Å². The van der Waals surface area contributed by atoms with E-state index in [0.717, 1.165) is 18.1 Å². The van der Waals surface area contributed by atoms with E-state index in [4.69, 9.17) is 0 Å². The van der Waals surface area contributed by atoms with E-state index >= 15 is 0 Å². The van der Waals surface area contributed by atoms with Crippen molar-refractivity contribution < 1.29 is 0 Å². The Morgan fingerprint density at radius 3 is 2.61 bits per heavy atom. The molecule has 0 bridgehead atoms. The first-order valence-electron chi connectivity index (χ1n) is 5.84. The van der Waals surface area contributed by atoms with Gasteiger partial charge in [0.1, 0.15) is 5.01 Å². The Morgan fingerprint density at radius 1 is 1.28 bits per heavy atom. The second-order valence-electron chi connectivity index (χ2n) is 5.17. The fourth-order valence-electron chi connectivity index (χ4n) is 1.47. The van der Waals surface area contributed by atoms with Crippen molar-refractivity contribution in [2.45, 2.75) is 39.3 Å². The summed E-state index contributed by atoms with van der Waals surface area (Å²) >= 11 is 7.04.